The Morgan fingerprint density at radius 2 is 2.06 bits per heavy atom. The molecular formula is C11H19BN2O4. The fourth-order valence-corrected chi connectivity index (χ4v) is 1.07. The van der Waals surface area contributed by atoms with Gasteiger partial charge in [-0.3, -0.25) is 5.32 Å². The Hall–Kier alpha value is -1.60. The smallest absolute Gasteiger partial charge is 0.447 e. The van der Waals surface area contributed by atoms with Crippen molar-refractivity contribution >= 4 is 24.5 Å². The van der Waals surface area contributed by atoms with Gasteiger partial charge >= 0.3 is 13.2 Å². The number of rotatable bonds is 3. The van der Waals surface area contributed by atoms with Gasteiger partial charge in [-0.25, -0.2) is 9.78 Å². The lowest BCUT2D eigenvalue weighted by molar-refractivity contribution is 0.130. The summed E-state index contributed by atoms with van der Waals surface area (Å²) in [6.45, 7) is 7.42. The Morgan fingerprint density at radius 3 is 2.56 bits per heavy atom. The van der Waals surface area contributed by atoms with Crippen molar-refractivity contribution in [2.45, 2.75) is 33.8 Å². The SMILES string of the molecule is CC.CC(C)OC(=O)Nc1ncccc1B(O)O. The van der Waals surface area contributed by atoms with Crippen molar-refractivity contribution in [2.24, 2.45) is 0 Å². The quantitative estimate of drug-likeness (QED) is 0.692. The van der Waals surface area contributed by atoms with Gasteiger partial charge in [0.2, 0.25) is 0 Å². The molecule has 6 nitrogen and oxygen atoms in total. The summed E-state index contributed by atoms with van der Waals surface area (Å²) in [7, 11) is -1.69. The normalized spacial score (nSPS) is 9.28. The molecule has 1 rings (SSSR count). The predicted molar refractivity (Wildman–Crippen MR) is 70.7 cm³/mol. The van der Waals surface area contributed by atoms with Crippen molar-refractivity contribution < 1.29 is 19.6 Å². The van der Waals surface area contributed by atoms with Gasteiger partial charge in [0.15, 0.2) is 0 Å². The van der Waals surface area contributed by atoms with Crippen LogP contribution in [-0.2, 0) is 4.74 Å². The zero-order valence-electron chi connectivity index (χ0n) is 11.0. The number of pyridine rings is 1. The maximum Gasteiger partial charge on any atom is 0.492 e. The van der Waals surface area contributed by atoms with Crippen LogP contribution in [0.1, 0.15) is 27.7 Å². The van der Waals surface area contributed by atoms with Crippen molar-refractivity contribution in [3.05, 3.63) is 18.3 Å². The van der Waals surface area contributed by atoms with Gasteiger partial charge in [-0.05, 0) is 19.9 Å². The van der Waals surface area contributed by atoms with E-state index in [2.05, 4.69) is 10.3 Å². The molecule has 18 heavy (non-hydrogen) atoms. The van der Waals surface area contributed by atoms with E-state index in [1.807, 2.05) is 13.8 Å². The van der Waals surface area contributed by atoms with Gasteiger partial charge in [-0.1, -0.05) is 19.9 Å². The number of aromatic nitrogens is 1. The molecule has 1 heterocycles. The first kappa shape index (κ1) is 16.4. The van der Waals surface area contributed by atoms with E-state index in [0.717, 1.165) is 0 Å². The molecule has 7 heteroatoms. The van der Waals surface area contributed by atoms with Crippen LogP contribution in [0.5, 0.6) is 0 Å². The minimum absolute atomic E-state index is 0.0724. The highest BCUT2D eigenvalue weighted by Crippen LogP contribution is 2.01. The highest BCUT2D eigenvalue weighted by atomic mass is 16.6. The van der Waals surface area contributed by atoms with E-state index in [9.17, 15) is 4.79 Å². The first-order chi connectivity index (χ1) is 8.50. The van der Waals surface area contributed by atoms with Crippen LogP contribution in [-0.4, -0.2) is 34.3 Å². The summed E-state index contributed by atoms with van der Waals surface area (Å²) in [5, 5.41) is 20.4. The van der Waals surface area contributed by atoms with E-state index >= 15 is 0 Å². The molecule has 0 aromatic carbocycles. The van der Waals surface area contributed by atoms with E-state index in [1.54, 1.807) is 13.8 Å². The monoisotopic (exact) mass is 254 g/mol. The third-order valence-corrected chi connectivity index (χ3v) is 1.68. The summed E-state index contributed by atoms with van der Waals surface area (Å²) >= 11 is 0. The molecule has 0 unspecified atom stereocenters. The number of ether oxygens (including phenoxy) is 1. The minimum atomic E-state index is -1.69. The Morgan fingerprint density at radius 1 is 1.44 bits per heavy atom. The zero-order chi connectivity index (χ0) is 14.1. The van der Waals surface area contributed by atoms with Gasteiger partial charge in [0.1, 0.15) is 5.82 Å². The molecule has 0 saturated carbocycles. The second-order valence-corrected chi connectivity index (χ2v) is 3.39. The van der Waals surface area contributed by atoms with Gasteiger partial charge in [0.25, 0.3) is 0 Å². The number of hydrogen-bond donors (Lipinski definition) is 3. The number of nitrogens with one attached hydrogen (secondary N) is 1. The van der Waals surface area contributed by atoms with Crippen LogP contribution in [0.15, 0.2) is 18.3 Å². The van der Waals surface area contributed by atoms with Gasteiger partial charge in [0, 0.05) is 11.7 Å². The van der Waals surface area contributed by atoms with E-state index in [1.165, 1.54) is 18.3 Å². The third kappa shape index (κ3) is 5.65. The first-order valence-corrected chi connectivity index (χ1v) is 5.79. The Balaban J connectivity index is 0.00000137. The van der Waals surface area contributed by atoms with E-state index in [4.69, 9.17) is 14.8 Å². The molecule has 100 valence electrons. The maximum absolute atomic E-state index is 11.3. The summed E-state index contributed by atoms with van der Waals surface area (Å²) in [6.07, 6.45) is 0.485. The number of amides is 1. The molecule has 0 saturated heterocycles. The van der Waals surface area contributed by atoms with Crippen molar-refractivity contribution in [1.29, 1.82) is 0 Å². The average molecular weight is 254 g/mol. The fourth-order valence-electron chi connectivity index (χ4n) is 1.07. The van der Waals surface area contributed by atoms with E-state index < -0.39 is 13.2 Å². The molecule has 0 bridgehead atoms. The topological polar surface area (TPSA) is 91.7 Å². The van der Waals surface area contributed by atoms with Crippen LogP contribution in [0.2, 0.25) is 0 Å². The van der Waals surface area contributed by atoms with Crippen molar-refractivity contribution in [3.63, 3.8) is 0 Å². The molecule has 0 aliphatic rings. The molecule has 3 N–H and O–H groups in total. The molecule has 0 fully saturated rings. The molecule has 0 atom stereocenters. The summed E-state index contributed by atoms with van der Waals surface area (Å²) in [5.74, 6) is 0.0724. The highest BCUT2D eigenvalue weighted by Gasteiger charge is 2.18. The number of anilines is 1. The van der Waals surface area contributed by atoms with Crippen LogP contribution in [0.25, 0.3) is 0 Å². The molecule has 0 aliphatic heterocycles. The van der Waals surface area contributed by atoms with Crippen LogP contribution >= 0.6 is 0 Å². The summed E-state index contributed by atoms with van der Waals surface area (Å²) in [4.78, 5) is 15.1. The standard InChI is InChI=1S/C9H13BN2O4.C2H6/c1-6(2)16-9(13)12-8-7(10(14)15)4-3-5-11-8;1-2/h3-6,14-15H,1-2H3,(H,11,12,13);1-2H3. The minimum Gasteiger partial charge on any atom is -0.447 e. The average Bonchev–Trinajstić information content (AvgIpc) is 2.30. The van der Waals surface area contributed by atoms with Crippen LogP contribution in [0.4, 0.5) is 10.6 Å². The van der Waals surface area contributed by atoms with E-state index in [0.29, 0.717) is 0 Å². The second kappa shape index (κ2) is 8.49. The third-order valence-electron chi connectivity index (χ3n) is 1.68. The molecule has 1 aromatic heterocycles. The van der Waals surface area contributed by atoms with Crippen LogP contribution in [0.3, 0.4) is 0 Å². The summed E-state index contributed by atoms with van der Waals surface area (Å²) in [6, 6.07) is 2.98. The molecule has 1 amide bonds. The molecule has 0 radical (unpaired) electrons. The lowest BCUT2D eigenvalue weighted by Gasteiger charge is -2.11. The lowest BCUT2D eigenvalue weighted by atomic mass is 9.80. The number of nitrogens with zero attached hydrogens (tertiary/aromatic N) is 1. The van der Waals surface area contributed by atoms with Crippen LogP contribution < -0.4 is 10.8 Å². The number of carbonyl (C=O) groups excluding carboxylic acids is 1. The second-order valence-electron chi connectivity index (χ2n) is 3.39. The summed E-state index contributed by atoms with van der Waals surface area (Å²) in [5.41, 5.74) is 0.114. The molecule has 0 aliphatic carbocycles. The fraction of sp³-hybridized carbons (Fsp3) is 0.455. The van der Waals surface area contributed by atoms with E-state index in [-0.39, 0.29) is 17.4 Å². The van der Waals surface area contributed by atoms with Crippen molar-refractivity contribution in [3.8, 4) is 0 Å². The van der Waals surface area contributed by atoms with Gasteiger partial charge < -0.3 is 14.8 Å². The Bertz CT molecular complexity index is 372. The van der Waals surface area contributed by atoms with Crippen molar-refractivity contribution in [1.82, 2.24) is 4.98 Å². The Kier molecular flexibility index (Phi) is 7.74. The number of hydrogen-bond acceptors (Lipinski definition) is 5. The lowest BCUT2D eigenvalue weighted by Crippen LogP contribution is -2.34. The summed E-state index contributed by atoms with van der Waals surface area (Å²) < 4.78 is 4.84. The van der Waals surface area contributed by atoms with Crippen molar-refractivity contribution in [2.75, 3.05) is 5.32 Å². The molecule has 0 spiro atoms. The Labute approximate surface area is 107 Å². The van der Waals surface area contributed by atoms with Crippen LogP contribution in [0, 0.1) is 0 Å². The predicted octanol–water partition coefficient (Wildman–Crippen LogP) is 0.744. The zero-order valence-corrected chi connectivity index (χ0v) is 11.0. The molecule has 1 aromatic rings. The van der Waals surface area contributed by atoms with Gasteiger partial charge in [-0.2, -0.15) is 0 Å². The molecular weight excluding hydrogens is 235 g/mol. The van der Waals surface area contributed by atoms with Gasteiger partial charge in [0.05, 0.1) is 6.10 Å². The maximum atomic E-state index is 11.3. The largest absolute Gasteiger partial charge is 0.492 e. The van der Waals surface area contributed by atoms with Gasteiger partial charge in [-0.15, -0.1) is 0 Å². The highest BCUT2D eigenvalue weighted by molar-refractivity contribution is 6.60. The first-order valence-electron chi connectivity index (χ1n) is 5.79. The number of carbonyl (C=O) groups is 1.